The Kier molecular flexibility index (Phi) is 4.54. The van der Waals surface area contributed by atoms with Crippen LogP contribution < -0.4 is 4.90 Å². The first-order chi connectivity index (χ1) is 10.2. The molecule has 1 saturated heterocycles. The molecule has 0 aliphatic carbocycles. The van der Waals surface area contributed by atoms with E-state index in [-0.39, 0.29) is 0 Å². The molecular formula is C15H15BrN4S. The number of anilines is 1. The fourth-order valence-corrected chi connectivity index (χ4v) is 3.96. The maximum Gasteiger partial charge on any atom is 0.128 e. The van der Waals surface area contributed by atoms with Gasteiger partial charge in [0.25, 0.3) is 0 Å². The van der Waals surface area contributed by atoms with Gasteiger partial charge in [0.1, 0.15) is 11.9 Å². The summed E-state index contributed by atoms with van der Waals surface area (Å²) in [6.45, 7) is 5.05. The lowest BCUT2D eigenvalue weighted by atomic mass is 10.2. The van der Waals surface area contributed by atoms with Crippen LogP contribution in [0.25, 0.3) is 0 Å². The van der Waals surface area contributed by atoms with E-state index in [0.29, 0.717) is 5.56 Å². The fourth-order valence-electron chi connectivity index (χ4n) is 2.43. The van der Waals surface area contributed by atoms with Gasteiger partial charge in [0.15, 0.2) is 0 Å². The van der Waals surface area contributed by atoms with E-state index in [1.807, 2.05) is 12.1 Å². The van der Waals surface area contributed by atoms with Crippen molar-refractivity contribution in [2.24, 2.45) is 0 Å². The minimum Gasteiger partial charge on any atom is -0.354 e. The van der Waals surface area contributed by atoms with Crippen LogP contribution in [0.5, 0.6) is 0 Å². The SMILES string of the molecule is N#Cc1ccc(N2CCN(Cc3ccc(Br)s3)CC2)nc1. The number of pyridine rings is 1. The molecule has 3 heterocycles. The highest BCUT2D eigenvalue weighted by Crippen LogP contribution is 2.24. The van der Waals surface area contributed by atoms with Gasteiger partial charge in [-0.3, -0.25) is 4.90 Å². The monoisotopic (exact) mass is 362 g/mol. The molecule has 0 amide bonds. The highest BCUT2D eigenvalue weighted by atomic mass is 79.9. The van der Waals surface area contributed by atoms with Gasteiger partial charge in [-0.1, -0.05) is 0 Å². The van der Waals surface area contributed by atoms with Crippen LogP contribution in [0.3, 0.4) is 0 Å². The Bertz CT molecular complexity index is 638. The van der Waals surface area contributed by atoms with Crippen LogP contribution in [-0.2, 0) is 6.54 Å². The van der Waals surface area contributed by atoms with Crippen molar-refractivity contribution in [1.82, 2.24) is 9.88 Å². The molecule has 0 radical (unpaired) electrons. The number of rotatable bonds is 3. The molecule has 0 aromatic carbocycles. The summed E-state index contributed by atoms with van der Waals surface area (Å²) in [6, 6.07) is 10.2. The number of hydrogen-bond acceptors (Lipinski definition) is 5. The third kappa shape index (κ3) is 3.62. The van der Waals surface area contributed by atoms with Crippen molar-refractivity contribution in [3.8, 4) is 6.07 Å². The summed E-state index contributed by atoms with van der Waals surface area (Å²) in [4.78, 5) is 10.5. The van der Waals surface area contributed by atoms with Crippen molar-refractivity contribution in [2.75, 3.05) is 31.1 Å². The van der Waals surface area contributed by atoms with Crippen LogP contribution in [0, 0.1) is 11.3 Å². The molecule has 1 fully saturated rings. The van der Waals surface area contributed by atoms with E-state index >= 15 is 0 Å². The van der Waals surface area contributed by atoms with Crippen molar-refractivity contribution in [3.05, 3.63) is 44.7 Å². The molecule has 3 rings (SSSR count). The van der Waals surface area contributed by atoms with Crippen molar-refractivity contribution in [3.63, 3.8) is 0 Å². The average molecular weight is 363 g/mol. The largest absolute Gasteiger partial charge is 0.354 e. The molecule has 2 aromatic heterocycles. The molecule has 0 spiro atoms. The molecule has 0 atom stereocenters. The Morgan fingerprint density at radius 3 is 2.57 bits per heavy atom. The smallest absolute Gasteiger partial charge is 0.128 e. The lowest BCUT2D eigenvalue weighted by Gasteiger charge is -2.35. The maximum absolute atomic E-state index is 8.80. The highest BCUT2D eigenvalue weighted by Gasteiger charge is 2.18. The van der Waals surface area contributed by atoms with Gasteiger partial charge < -0.3 is 4.90 Å². The second kappa shape index (κ2) is 6.56. The molecule has 4 nitrogen and oxygen atoms in total. The lowest BCUT2D eigenvalue weighted by Crippen LogP contribution is -2.46. The standard InChI is InChI=1S/C15H15BrN4S/c16-14-3-2-13(21-14)11-19-5-7-20(8-6-19)15-4-1-12(9-17)10-18-15/h1-4,10H,5-8,11H2. The molecule has 1 aliphatic rings. The predicted molar refractivity (Wildman–Crippen MR) is 88.5 cm³/mol. The summed E-state index contributed by atoms with van der Waals surface area (Å²) < 4.78 is 1.19. The summed E-state index contributed by atoms with van der Waals surface area (Å²) in [6.07, 6.45) is 1.64. The van der Waals surface area contributed by atoms with E-state index < -0.39 is 0 Å². The van der Waals surface area contributed by atoms with E-state index in [1.54, 1.807) is 17.5 Å². The van der Waals surface area contributed by atoms with Gasteiger partial charge in [0, 0.05) is 43.8 Å². The van der Waals surface area contributed by atoms with Gasteiger partial charge in [0.2, 0.25) is 0 Å². The van der Waals surface area contributed by atoms with Crippen molar-refractivity contribution >= 4 is 33.1 Å². The number of thiophene rings is 1. The van der Waals surface area contributed by atoms with E-state index in [9.17, 15) is 0 Å². The molecule has 1 aliphatic heterocycles. The number of halogens is 1. The summed E-state index contributed by atoms with van der Waals surface area (Å²) in [5.74, 6) is 0.965. The van der Waals surface area contributed by atoms with Crippen LogP contribution >= 0.6 is 27.3 Å². The minimum absolute atomic E-state index is 0.612. The van der Waals surface area contributed by atoms with E-state index in [0.717, 1.165) is 38.5 Å². The Labute approximate surface area is 136 Å². The summed E-state index contributed by atoms with van der Waals surface area (Å²) >= 11 is 5.31. The first-order valence-corrected chi connectivity index (χ1v) is 8.43. The second-order valence-electron chi connectivity index (χ2n) is 4.99. The zero-order valence-electron chi connectivity index (χ0n) is 11.5. The van der Waals surface area contributed by atoms with Crippen molar-refractivity contribution < 1.29 is 0 Å². The molecule has 21 heavy (non-hydrogen) atoms. The van der Waals surface area contributed by atoms with Gasteiger partial charge in [-0.05, 0) is 40.2 Å². The minimum atomic E-state index is 0.612. The van der Waals surface area contributed by atoms with Crippen LogP contribution in [0.15, 0.2) is 34.2 Å². The summed E-state index contributed by atoms with van der Waals surface area (Å²) in [5.41, 5.74) is 0.612. The Morgan fingerprint density at radius 1 is 1.19 bits per heavy atom. The molecule has 0 unspecified atom stereocenters. The third-order valence-electron chi connectivity index (χ3n) is 3.58. The normalized spacial score (nSPS) is 15.9. The van der Waals surface area contributed by atoms with Crippen LogP contribution in [0.4, 0.5) is 5.82 Å². The van der Waals surface area contributed by atoms with Crippen molar-refractivity contribution in [2.45, 2.75) is 6.54 Å². The third-order valence-corrected chi connectivity index (χ3v) is 5.19. The summed E-state index contributed by atoms with van der Waals surface area (Å²) in [7, 11) is 0. The predicted octanol–water partition coefficient (Wildman–Crippen LogP) is 3.10. The van der Waals surface area contributed by atoms with Crippen molar-refractivity contribution in [1.29, 1.82) is 5.26 Å². The topological polar surface area (TPSA) is 43.2 Å². The lowest BCUT2D eigenvalue weighted by molar-refractivity contribution is 0.251. The van der Waals surface area contributed by atoms with E-state index in [1.165, 1.54) is 8.66 Å². The second-order valence-corrected chi connectivity index (χ2v) is 7.53. The highest BCUT2D eigenvalue weighted by molar-refractivity contribution is 9.11. The Balaban J connectivity index is 1.56. The number of nitrogens with zero attached hydrogens (tertiary/aromatic N) is 4. The average Bonchev–Trinajstić information content (AvgIpc) is 2.93. The van der Waals surface area contributed by atoms with Gasteiger partial charge >= 0.3 is 0 Å². The van der Waals surface area contributed by atoms with E-state index in [2.05, 4.69) is 48.9 Å². The summed E-state index contributed by atoms with van der Waals surface area (Å²) in [5, 5.41) is 8.80. The molecule has 0 bridgehead atoms. The van der Waals surface area contributed by atoms with Gasteiger partial charge in [-0.25, -0.2) is 4.98 Å². The molecule has 2 aromatic rings. The van der Waals surface area contributed by atoms with Gasteiger partial charge in [0.05, 0.1) is 9.35 Å². The Morgan fingerprint density at radius 2 is 2.00 bits per heavy atom. The molecule has 0 saturated carbocycles. The quantitative estimate of drug-likeness (QED) is 0.841. The zero-order chi connectivity index (χ0) is 14.7. The molecular weight excluding hydrogens is 348 g/mol. The van der Waals surface area contributed by atoms with Crippen LogP contribution in [-0.4, -0.2) is 36.1 Å². The van der Waals surface area contributed by atoms with Crippen LogP contribution in [0.1, 0.15) is 10.4 Å². The molecule has 108 valence electrons. The van der Waals surface area contributed by atoms with Crippen LogP contribution in [0.2, 0.25) is 0 Å². The van der Waals surface area contributed by atoms with Gasteiger partial charge in [-0.2, -0.15) is 5.26 Å². The molecule has 0 N–H and O–H groups in total. The first-order valence-electron chi connectivity index (χ1n) is 6.82. The maximum atomic E-state index is 8.80. The van der Waals surface area contributed by atoms with Gasteiger partial charge in [-0.15, -0.1) is 11.3 Å². The number of hydrogen-bond donors (Lipinski definition) is 0. The fraction of sp³-hybridized carbons (Fsp3) is 0.333. The molecule has 6 heteroatoms. The van der Waals surface area contributed by atoms with E-state index in [4.69, 9.17) is 5.26 Å². The number of piperazine rings is 1. The number of aromatic nitrogens is 1. The first kappa shape index (κ1) is 14.5. The number of nitriles is 1. The Hall–Kier alpha value is -1.42. The zero-order valence-corrected chi connectivity index (χ0v) is 13.9.